The van der Waals surface area contributed by atoms with Crippen molar-refractivity contribution in [1.82, 2.24) is 15.1 Å². The molecule has 0 radical (unpaired) electrons. The van der Waals surface area contributed by atoms with E-state index in [-0.39, 0.29) is 10.0 Å². The molecule has 2 rings (SSSR count). The van der Waals surface area contributed by atoms with Crippen molar-refractivity contribution in [2.75, 3.05) is 6.54 Å². The van der Waals surface area contributed by atoms with E-state index in [1.165, 1.54) is 6.07 Å². The Hall–Kier alpha value is -1.69. The molecule has 0 aliphatic rings. The molecule has 0 saturated carbocycles. The van der Waals surface area contributed by atoms with E-state index in [0.29, 0.717) is 13.0 Å². The van der Waals surface area contributed by atoms with Crippen molar-refractivity contribution in [2.45, 2.75) is 6.42 Å². The van der Waals surface area contributed by atoms with Crippen molar-refractivity contribution in [3.63, 3.8) is 0 Å². The Morgan fingerprint density at radius 3 is 3.00 bits per heavy atom. The van der Waals surface area contributed by atoms with Crippen LogP contribution >= 0.6 is 15.9 Å². The van der Waals surface area contributed by atoms with Gasteiger partial charge < -0.3 is 5.32 Å². The summed E-state index contributed by atoms with van der Waals surface area (Å²) in [5.74, 6) is -0.955. The quantitative estimate of drug-likeness (QED) is 0.937. The first kappa shape index (κ1) is 13.7. The summed E-state index contributed by atoms with van der Waals surface area (Å²) in [6.45, 7) is 0.441. The molecule has 0 bridgehead atoms. The fourth-order valence-electron chi connectivity index (χ4n) is 1.70. The Morgan fingerprint density at radius 1 is 1.53 bits per heavy atom. The molecule has 1 heterocycles. The van der Waals surface area contributed by atoms with Gasteiger partial charge in [-0.1, -0.05) is 6.07 Å². The number of carbonyl (C=O) groups is 1. The molecular formula is C13H13BrFN3O. The number of aryl methyl sites for hydroxylation is 1. The number of hydrogen-bond acceptors (Lipinski definition) is 2. The van der Waals surface area contributed by atoms with Crippen LogP contribution in [-0.2, 0) is 13.5 Å². The Bertz CT molecular complexity index is 597. The van der Waals surface area contributed by atoms with Crippen molar-refractivity contribution in [3.05, 3.63) is 52.0 Å². The van der Waals surface area contributed by atoms with E-state index in [9.17, 15) is 9.18 Å². The fourth-order valence-corrected chi connectivity index (χ4v) is 2.06. The predicted octanol–water partition coefficient (Wildman–Crippen LogP) is 2.29. The van der Waals surface area contributed by atoms with Crippen LogP contribution in [0.3, 0.4) is 0 Å². The van der Waals surface area contributed by atoms with Gasteiger partial charge in [-0.05, 0) is 40.0 Å². The van der Waals surface area contributed by atoms with Gasteiger partial charge in [-0.2, -0.15) is 5.10 Å². The second-order valence-corrected chi connectivity index (χ2v) is 4.98. The zero-order chi connectivity index (χ0) is 13.8. The fraction of sp³-hybridized carbons (Fsp3) is 0.231. The van der Waals surface area contributed by atoms with Gasteiger partial charge in [0.2, 0.25) is 0 Å². The van der Waals surface area contributed by atoms with E-state index in [4.69, 9.17) is 0 Å². The molecule has 0 spiro atoms. The Balaban J connectivity index is 1.93. The Labute approximate surface area is 118 Å². The normalized spacial score (nSPS) is 10.5. The highest BCUT2D eigenvalue weighted by Crippen LogP contribution is 2.18. The van der Waals surface area contributed by atoms with Crippen LogP contribution in [0.5, 0.6) is 0 Å². The lowest BCUT2D eigenvalue weighted by Crippen LogP contribution is -2.26. The number of amides is 1. The summed E-state index contributed by atoms with van der Waals surface area (Å²) in [5.41, 5.74) is 1.07. The highest BCUT2D eigenvalue weighted by molar-refractivity contribution is 9.10. The lowest BCUT2D eigenvalue weighted by molar-refractivity contribution is 0.0950. The molecular weight excluding hydrogens is 313 g/mol. The largest absolute Gasteiger partial charge is 0.352 e. The first-order valence-electron chi connectivity index (χ1n) is 5.77. The van der Waals surface area contributed by atoms with Crippen LogP contribution in [0.15, 0.2) is 35.1 Å². The molecule has 100 valence electrons. The molecule has 2 aromatic rings. The number of benzene rings is 1. The van der Waals surface area contributed by atoms with Crippen LogP contribution in [0.4, 0.5) is 4.39 Å². The highest BCUT2D eigenvalue weighted by Gasteiger charge is 2.13. The van der Waals surface area contributed by atoms with E-state index in [1.807, 2.05) is 13.2 Å². The first-order valence-corrected chi connectivity index (χ1v) is 6.57. The van der Waals surface area contributed by atoms with Gasteiger partial charge in [0.15, 0.2) is 0 Å². The summed E-state index contributed by atoms with van der Waals surface area (Å²) in [4.78, 5) is 11.8. The third-order valence-electron chi connectivity index (χ3n) is 2.65. The topological polar surface area (TPSA) is 46.9 Å². The lowest BCUT2D eigenvalue weighted by atomic mass is 10.2. The van der Waals surface area contributed by atoms with Gasteiger partial charge in [0.25, 0.3) is 5.91 Å². The number of carbonyl (C=O) groups excluding carboxylic acids is 1. The van der Waals surface area contributed by atoms with E-state index in [1.54, 1.807) is 23.0 Å². The molecule has 0 aliphatic heterocycles. The summed E-state index contributed by atoms with van der Waals surface area (Å²) in [5, 5.41) is 6.72. The zero-order valence-electron chi connectivity index (χ0n) is 10.4. The van der Waals surface area contributed by atoms with Crippen LogP contribution in [0.2, 0.25) is 0 Å². The van der Waals surface area contributed by atoms with E-state index < -0.39 is 11.7 Å². The molecule has 1 N–H and O–H groups in total. The smallest absolute Gasteiger partial charge is 0.254 e. The number of aromatic nitrogens is 2. The molecule has 0 unspecified atom stereocenters. The minimum Gasteiger partial charge on any atom is -0.352 e. The van der Waals surface area contributed by atoms with Crippen LogP contribution in [-0.4, -0.2) is 22.2 Å². The van der Waals surface area contributed by atoms with Crippen molar-refractivity contribution < 1.29 is 9.18 Å². The van der Waals surface area contributed by atoms with Gasteiger partial charge in [-0.25, -0.2) is 4.39 Å². The van der Waals surface area contributed by atoms with Crippen molar-refractivity contribution in [2.24, 2.45) is 7.05 Å². The average Bonchev–Trinajstić information content (AvgIpc) is 2.78. The SMILES string of the molecule is Cn1cc(CCNC(=O)c2cccc(Br)c2F)cn1. The minimum atomic E-state index is -0.540. The molecule has 0 fully saturated rings. The number of nitrogens with zero attached hydrogens (tertiary/aromatic N) is 2. The summed E-state index contributed by atoms with van der Waals surface area (Å²) in [6.07, 6.45) is 4.28. The Kier molecular flexibility index (Phi) is 4.31. The van der Waals surface area contributed by atoms with E-state index >= 15 is 0 Å². The highest BCUT2D eigenvalue weighted by atomic mass is 79.9. The molecule has 1 aromatic heterocycles. The zero-order valence-corrected chi connectivity index (χ0v) is 11.9. The van der Waals surface area contributed by atoms with Gasteiger partial charge in [0.05, 0.1) is 16.2 Å². The van der Waals surface area contributed by atoms with Crippen molar-refractivity contribution in [3.8, 4) is 0 Å². The monoisotopic (exact) mass is 325 g/mol. The standard InChI is InChI=1S/C13H13BrFN3O/c1-18-8-9(7-17-18)5-6-16-13(19)10-3-2-4-11(14)12(10)15/h2-4,7-8H,5-6H2,1H3,(H,16,19). The number of nitrogens with one attached hydrogen (secondary N) is 1. The lowest BCUT2D eigenvalue weighted by Gasteiger charge is -2.06. The summed E-state index contributed by atoms with van der Waals surface area (Å²) >= 11 is 3.06. The second kappa shape index (κ2) is 5.97. The van der Waals surface area contributed by atoms with Gasteiger partial charge >= 0.3 is 0 Å². The summed E-state index contributed by atoms with van der Waals surface area (Å²) in [6, 6.07) is 4.64. The molecule has 6 heteroatoms. The molecule has 1 amide bonds. The maximum absolute atomic E-state index is 13.7. The van der Waals surface area contributed by atoms with Gasteiger partial charge in [-0.15, -0.1) is 0 Å². The minimum absolute atomic E-state index is 0.0422. The number of halogens is 2. The molecule has 4 nitrogen and oxygen atoms in total. The van der Waals surface area contributed by atoms with Crippen LogP contribution in [0.25, 0.3) is 0 Å². The maximum Gasteiger partial charge on any atom is 0.254 e. The van der Waals surface area contributed by atoms with Gasteiger partial charge in [0.1, 0.15) is 5.82 Å². The molecule has 0 atom stereocenters. The van der Waals surface area contributed by atoms with Gasteiger partial charge in [0, 0.05) is 19.8 Å². The number of rotatable bonds is 4. The molecule has 19 heavy (non-hydrogen) atoms. The van der Waals surface area contributed by atoms with Gasteiger partial charge in [-0.3, -0.25) is 9.48 Å². The number of hydrogen-bond donors (Lipinski definition) is 1. The maximum atomic E-state index is 13.7. The Morgan fingerprint density at radius 2 is 2.32 bits per heavy atom. The summed E-state index contributed by atoms with van der Waals surface area (Å²) < 4.78 is 15.7. The van der Waals surface area contributed by atoms with E-state index in [2.05, 4.69) is 26.3 Å². The molecule has 1 aromatic carbocycles. The van der Waals surface area contributed by atoms with Crippen LogP contribution in [0, 0.1) is 5.82 Å². The first-order chi connectivity index (χ1) is 9.08. The second-order valence-electron chi connectivity index (χ2n) is 4.13. The third kappa shape index (κ3) is 3.41. The van der Waals surface area contributed by atoms with Crippen LogP contribution < -0.4 is 5.32 Å². The summed E-state index contributed by atoms with van der Waals surface area (Å²) in [7, 11) is 1.83. The van der Waals surface area contributed by atoms with Crippen molar-refractivity contribution >= 4 is 21.8 Å². The van der Waals surface area contributed by atoms with Crippen LogP contribution in [0.1, 0.15) is 15.9 Å². The molecule has 0 aliphatic carbocycles. The van der Waals surface area contributed by atoms with E-state index in [0.717, 1.165) is 5.56 Å². The predicted molar refractivity (Wildman–Crippen MR) is 73.3 cm³/mol. The van der Waals surface area contributed by atoms with Crippen molar-refractivity contribution in [1.29, 1.82) is 0 Å². The average molecular weight is 326 g/mol. The third-order valence-corrected chi connectivity index (χ3v) is 3.27. The molecule has 0 saturated heterocycles.